The minimum Gasteiger partial charge on any atom is -0.497 e. The van der Waals surface area contributed by atoms with Gasteiger partial charge in [-0.15, -0.1) is 0 Å². The number of para-hydroxylation sites is 2. The fourth-order valence-corrected chi connectivity index (χ4v) is 3.11. The van der Waals surface area contributed by atoms with Crippen LogP contribution in [-0.2, 0) is 4.79 Å². The van der Waals surface area contributed by atoms with E-state index < -0.39 is 0 Å². The summed E-state index contributed by atoms with van der Waals surface area (Å²) in [5.74, 6) is 2.17. The highest BCUT2D eigenvalue weighted by Gasteiger charge is 2.26. The Balaban J connectivity index is 1.53. The number of likely N-dealkylation sites (N-methyl/N-ethyl adjacent to an activating group) is 2. The van der Waals surface area contributed by atoms with Crippen molar-refractivity contribution in [3.63, 3.8) is 0 Å². The maximum atomic E-state index is 12.4. The van der Waals surface area contributed by atoms with Gasteiger partial charge in [0.25, 0.3) is 5.91 Å². The van der Waals surface area contributed by atoms with Gasteiger partial charge in [-0.2, -0.15) is 0 Å². The second-order valence-electron chi connectivity index (χ2n) is 6.48. The molecule has 0 saturated heterocycles. The molecule has 1 heterocycles. The first kappa shape index (κ1) is 18.9. The molecule has 0 radical (unpaired) electrons. The minimum atomic E-state index is -0.0867. The molecule has 1 aliphatic rings. The second kappa shape index (κ2) is 8.66. The molecule has 0 saturated carbocycles. The number of nitrogens with zero attached hydrogens (tertiary/aromatic N) is 2. The van der Waals surface area contributed by atoms with E-state index in [9.17, 15) is 4.79 Å². The molecule has 0 fully saturated rings. The number of carbonyl (C=O) groups is 1. The quantitative estimate of drug-likeness (QED) is 0.750. The molecule has 0 N–H and O–H groups in total. The molecule has 144 valence electrons. The van der Waals surface area contributed by atoms with Gasteiger partial charge in [-0.3, -0.25) is 4.79 Å². The molecule has 27 heavy (non-hydrogen) atoms. The zero-order chi connectivity index (χ0) is 19.2. The predicted octanol–water partition coefficient (Wildman–Crippen LogP) is 2.82. The molecule has 3 rings (SSSR count). The SMILES string of the molecule is CCN1C[C@@H](CN(C)C(=O)COc2ccc(OC)cc2)Oc2ccccc21. The van der Waals surface area contributed by atoms with Crippen molar-refractivity contribution in [3.8, 4) is 17.2 Å². The summed E-state index contributed by atoms with van der Waals surface area (Å²) in [6.07, 6.45) is -0.0743. The van der Waals surface area contributed by atoms with Gasteiger partial charge in [0.2, 0.25) is 0 Å². The number of anilines is 1. The van der Waals surface area contributed by atoms with Crippen LogP contribution in [0.4, 0.5) is 5.69 Å². The lowest BCUT2D eigenvalue weighted by Gasteiger charge is -2.37. The third-order valence-corrected chi connectivity index (χ3v) is 4.63. The summed E-state index contributed by atoms with van der Waals surface area (Å²) in [5.41, 5.74) is 1.10. The highest BCUT2D eigenvalue weighted by molar-refractivity contribution is 5.77. The van der Waals surface area contributed by atoms with Crippen LogP contribution in [-0.4, -0.2) is 57.3 Å². The Morgan fingerprint density at radius 3 is 2.59 bits per heavy atom. The molecule has 2 aromatic carbocycles. The van der Waals surface area contributed by atoms with Crippen molar-refractivity contribution in [1.82, 2.24) is 4.90 Å². The van der Waals surface area contributed by atoms with Gasteiger partial charge >= 0.3 is 0 Å². The van der Waals surface area contributed by atoms with Crippen LogP contribution in [0.1, 0.15) is 6.92 Å². The van der Waals surface area contributed by atoms with Crippen molar-refractivity contribution < 1.29 is 19.0 Å². The monoisotopic (exact) mass is 370 g/mol. The summed E-state index contributed by atoms with van der Waals surface area (Å²) in [4.78, 5) is 16.4. The average Bonchev–Trinajstić information content (AvgIpc) is 2.71. The largest absolute Gasteiger partial charge is 0.497 e. The number of carbonyl (C=O) groups excluding carboxylic acids is 1. The lowest BCUT2D eigenvalue weighted by atomic mass is 10.2. The maximum Gasteiger partial charge on any atom is 0.260 e. The van der Waals surface area contributed by atoms with Crippen LogP contribution in [0.5, 0.6) is 17.2 Å². The highest BCUT2D eigenvalue weighted by atomic mass is 16.5. The van der Waals surface area contributed by atoms with E-state index in [-0.39, 0.29) is 18.6 Å². The van der Waals surface area contributed by atoms with Crippen molar-refractivity contribution >= 4 is 11.6 Å². The number of methoxy groups -OCH3 is 1. The van der Waals surface area contributed by atoms with Gasteiger partial charge < -0.3 is 24.0 Å². The molecule has 0 aliphatic carbocycles. The normalized spacial score (nSPS) is 15.5. The molecule has 0 bridgehead atoms. The first-order valence-corrected chi connectivity index (χ1v) is 9.12. The predicted molar refractivity (Wildman–Crippen MR) is 105 cm³/mol. The molecule has 6 heteroatoms. The van der Waals surface area contributed by atoms with Crippen LogP contribution in [0, 0.1) is 0 Å². The minimum absolute atomic E-state index is 0.0103. The number of hydrogen-bond donors (Lipinski definition) is 0. The fourth-order valence-electron chi connectivity index (χ4n) is 3.11. The molecule has 1 atom stereocenters. The molecule has 2 aromatic rings. The Morgan fingerprint density at radius 1 is 1.19 bits per heavy atom. The van der Waals surface area contributed by atoms with Gasteiger partial charge in [-0.1, -0.05) is 12.1 Å². The summed E-state index contributed by atoms with van der Waals surface area (Å²) in [6, 6.07) is 15.2. The van der Waals surface area contributed by atoms with E-state index in [0.29, 0.717) is 12.3 Å². The molecular formula is C21H26N2O4. The van der Waals surface area contributed by atoms with E-state index in [1.54, 1.807) is 43.3 Å². The zero-order valence-electron chi connectivity index (χ0n) is 16.1. The number of amides is 1. The number of ether oxygens (including phenoxy) is 3. The van der Waals surface area contributed by atoms with Crippen LogP contribution in [0.25, 0.3) is 0 Å². The van der Waals surface area contributed by atoms with E-state index >= 15 is 0 Å². The number of hydrogen-bond acceptors (Lipinski definition) is 5. The Bertz CT molecular complexity index is 763. The van der Waals surface area contributed by atoms with E-state index in [4.69, 9.17) is 14.2 Å². The number of fused-ring (bicyclic) bond motifs is 1. The Hall–Kier alpha value is -2.89. The van der Waals surface area contributed by atoms with Crippen LogP contribution >= 0.6 is 0 Å². The summed E-state index contributed by atoms with van der Waals surface area (Å²) in [7, 11) is 3.39. The van der Waals surface area contributed by atoms with Crippen LogP contribution < -0.4 is 19.1 Å². The van der Waals surface area contributed by atoms with E-state index in [2.05, 4.69) is 17.9 Å². The van der Waals surface area contributed by atoms with Crippen molar-refractivity contribution in [2.45, 2.75) is 13.0 Å². The standard InChI is InChI=1S/C21H26N2O4/c1-4-23-14-18(27-20-8-6-5-7-19(20)23)13-22(2)21(24)15-26-17-11-9-16(25-3)10-12-17/h5-12,18H,4,13-15H2,1-3H3/t18-/m1/s1. The van der Waals surface area contributed by atoms with Crippen molar-refractivity contribution in [3.05, 3.63) is 48.5 Å². The third kappa shape index (κ3) is 4.64. The van der Waals surface area contributed by atoms with Crippen molar-refractivity contribution in [2.75, 3.05) is 45.3 Å². The number of rotatable bonds is 7. The zero-order valence-corrected chi connectivity index (χ0v) is 16.1. The molecule has 0 aromatic heterocycles. The first-order valence-electron chi connectivity index (χ1n) is 9.12. The molecule has 0 spiro atoms. The molecule has 0 unspecified atom stereocenters. The smallest absolute Gasteiger partial charge is 0.260 e. The van der Waals surface area contributed by atoms with Crippen LogP contribution in [0.2, 0.25) is 0 Å². The molecule has 6 nitrogen and oxygen atoms in total. The summed E-state index contributed by atoms with van der Waals surface area (Å²) in [6.45, 7) is 4.27. The van der Waals surface area contributed by atoms with Gasteiger partial charge in [0.1, 0.15) is 23.4 Å². The summed E-state index contributed by atoms with van der Waals surface area (Å²) >= 11 is 0. The average molecular weight is 370 g/mol. The third-order valence-electron chi connectivity index (χ3n) is 4.63. The second-order valence-corrected chi connectivity index (χ2v) is 6.48. The number of benzene rings is 2. The Labute approximate surface area is 160 Å². The van der Waals surface area contributed by atoms with Crippen molar-refractivity contribution in [2.24, 2.45) is 0 Å². The van der Waals surface area contributed by atoms with Crippen molar-refractivity contribution in [1.29, 1.82) is 0 Å². The van der Waals surface area contributed by atoms with Crippen LogP contribution in [0.15, 0.2) is 48.5 Å². The topological polar surface area (TPSA) is 51.2 Å². The fraction of sp³-hybridized carbons (Fsp3) is 0.381. The molecule has 1 amide bonds. The molecular weight excluding hydrogens is 344 g/mol. The lowest BCUT2D eigenvalue weighted by Crippen LogP contribution is -2.47. The Morgan fingerprint density at radius 2 is 1.89 bits per heavy atom. The van der Waals surface area contributed by atoms with E-state index in [0.717, 1.165) is 30.3 Å². The molecule has 1 aliphatic heterocycles. The van der Waals surface area contributed by atoms with Gasteiger partial charge in [0, 0.05) is 13.6 Å². The maximum absolute atomic E-state index is 12.4. The Kier molecular flexibility index (Phi) is 6.06. The summed E-state index contributed by atoms with van der Waals surface area (Å²) in [5, 5.41) is 0. The van der Waals surface area contributed by atoms with E-state index in [1.807, 2.05) is 18.2 Å². The highest BCUT2D eigenvalue weighted by Crippen LogP contribution is 2.32. The van der Waals surface area contributed by atoms with Gasteiger partial charge in [0.15, 0.2) is 6.61 Å². The van der Waals surface area contributed by atoms with Gasteiger partial charge in [-0.25, -0.2) is 0 Å². The van der Waals surface area contributed by atoms with E-state index in [1.165, 1.54) is 0 Å². The first-order chi connectivity index (χ1) is 13.1. The summed E-state index contributed by atoms with van der Waals surface area (Å²) < 4.78 is 16.8. The lowest BCUT2D eigenvalue weighted by molar-refractivity contribution is -0.133. The van der Waals surface area contributed by atoms with Gasteiger partial charge in [0.05, 0.1) is 25.9 Å². The van der Waals surface area contributed by atoms with Gasteiger partial charge in [-0.05, 0) is 43.3 Å². The van der Waals surface area contributed by atoms with Crippen LogP contribution in [0.3, 0.4) is 0 Å².